The lowest BCUT2D eigenvalue weighted by atomic mass is 9.74. The second-order valence-corrected chi connectivity index (χ2v) is 11.7. The Morgan fingerprint density at radius 3 is 1.68 bits per heavy atom. The van der Waals surface area contributed by atoms with Crippen molar-refractivity contribution in [3.8, 4) is 0 Å². The van der Waals surface area contributed by atoms with Gasteiger partial charge in [0, 0.05) is 8.37 Å². The lowest BCUT2D eigenvalue weighted by Gasteiger charge is -2.32. The smallest absolute Gasteiger partial charge is 0.196 e. The molecule has 0 heterocycles. The molecule has 0 aliphatic carbocycles. The van der Waals surface area contributed by atoms with Crippen molar-refractivity contribution in [2.24, 2.45) is 4.74 Å². The van der Waals surface area contributed by atoms with E-state index in [1.165, 1.54) is 16.7 Å². The van der Waals surface area contributed by atoms with Crippen LogP contribution in [0.4, 0.5) is 5.69 Å². The molecule has 0 saturated carbocycles. The fourth-order valence-corrected chi connectivity index (χ4v) is 3.96. The molecule has 0 radical (unpaired) electrons. The maximum absolute atomic E-state index is 6.35. The predicted molar refractivity (Wildman–Crippen MR) is 126 cm³/mol. The SMILES string of the molecule is CCO/C(Cl)=C(\CC)P=Nc1c(C(C)(C)C)cc(C(C)(C)C)cc1C(C)(C)C. The van der Waals surface area contributed by atoms with Crippen LogP contribution in [0.2, 0.25) is 0 Å². The van der Waals surface area contributed by atoms with Crippen LogP contribution in [0.25, 0.3) is 0 Å². The number of hydrogen-bond donors (Lipinski definition) is 0. The highest BCUT2D eigenvalue weighted by molar-refractivity contribution is 7.32. The van der Waals surface area contributed by atoms with E-state index in [-0.39, 0.29) is 16.2 Å². The Bertz CT molecular complexity index is 708. The quantitative estimate of drug-likeness (QED) is 0.341. The highest BCUT2D eigenvalue weighted by Gasteiger charge is 2.29. The maximum atomic E-state index is 6.35. The van der Waals surface area contributed by atoms with Crippen LogP contribution in [0.5, 0.6) is 0 Å². The maximum Gasteiger partial charge on any atom is 0.196 e. The third-order valence-electron chi connectivity index (χ3n) is 4.70. The first-order chi connectivity index (χ1) is 12.6. The summed E-state index contributed by atoms with van der Waals surface area (Å²) in [5.41, 5.74) is 5.12. The number of nitrogens with zero attached hydrogens (tertiary/aromatic N) is 1. The molecule has 1 aromatic rings. The van der Waals surface area contributed by atoms with Crippen molar-refractivity contribution in [3.05, 3.63) is 39.4 Å². The van der Waals surface area contributed by atoms with E-state index in [4.69, 9.17) is 21.1 Å². The molecule has 0 aliphatic rings. The highest BCUT2D eigenvalue weighted by atomic mass is 35.5. The Morgan fingerprint density at radius 2 is 1.36 bits per heavy atom. The monoisotopic (exact) mass is 423 g/mol. The number of ether oxygens (including phenoxy) is 1. The molecule has 0 amide bonds. The van der Waals surface area contributed by atoms with E-state index in [1.807, 2.05) is 6.92 Å². The van der Waals surface area contributed by atoms with E-state index < -0.39 is 0 Å². The minimum atomic E-state index is -0.00454. The van der Waals surface area contributed by atoms with Gasteiger partial charge in [-0.05, 0) is 57.9 Å². The highest BCUT2D eigenvalue weighted by Crippen LogP contribution is 2.45. The standard InChI is InChI=1S/C24H39ClNOP/c1-12-19(21(25)27-13-2)28-26-20-17(23(6,7)8)14-16(22(3,4)5)15-18(20)24(9,10)11/h14-15H,12-13H2,1-11H3/b21-19+. The molecule has 4 heteroatoms. The van der Waals surface area contributed by atoms with E-state index in [1.54, 1.807) is 0 Å². The van der Waals surface area contributed by atoms with Crippen molar-refractivity contribution in [3.63, 3.8) is 0 Å². The minimum absolute atomic E-state index is 0.00454. The van der Waals surface area contributed by atoms with Crippen LogP contribution >= 0.6 is 20.0 Å². The Morgan fingerprint density at radius 1 is 0.893 bits per heavy atom. The zero-order valence-corrected chi connectivity index (χ0v) is 21.4. The van der Waals surface area contributed by atoms with Gasteiger partial charge in [0.05, 0.1) is 17.6 Å². The van der Waals surface area contributed by atoms with Gasteiger partial charge in [0.2, 0.25) is 0 Å². The summed E-state index contributed by atoms with van der Waals surface area (Å²) in [5.74, 6) is 0. The van der Waals surface area contributed by atoms with Gasteiger partial charge in [-0.1, -0.05) is 81.4 Å². The van der Waals surface area contributed by atoms with Crippen LogP contribution < -0.4 is 0 Å². The van der Waals surface area contributed by atoms with Gasteiger partial charge in [0.1, 0.15) is 0 Å². The van der Waals surface area contributed by atoms with Gasteiger partial charge in [0.25, 0.3) is 0 Å². The summed E-state index contributed by atoms with van der Waals surface area (Å²) in [4.78, 5) is 0. The molecule has 0 N–H and O–H groups in total. The average molecular weight is 424 g/mol. The zero-order valence-electron chi connectivity index (χ0n) is 19.7. The number of benzene rings is 1. The van der Waals surface area contributed by atoms with Crippen LogP contribution in [0.3, 0.4) is 0 Å². The fraction of sp³-hybridized carbons (Fsp3) is 0.667. The fourth-order valence-electron chi connectivity index (χ4n) is 2.89. The van der Waals surface area contributed by atoms with Gasteiger partial charge >= 0.3 is 0 Å². The van der Waals surface area contributed by atoms with Gasteiger partial charge < -0.3 is 4.74 Å². The summed E-state index contributed by atoms with van der Waals surface area (Å²) in [5, 5.41) is 1.50. The molecule has 0 unspecified atom stereocenters. The minimum Gasteiger partial charge on any atom is -0.483 e. The Labute approximate surface area is 180 Å². The summed E-state index contributed by atoms with van der Waals surface area (Å²) in [6, 6.07) is 4.70. The molecule has 0 fully saturated rings. The molecule has 28 heavy (non-hydrogen) atoms. The van der Waals surface area contributed by atoms with E-state index in [0.717, 1.165) is 25.8 Å². The lowest BCUT2D eigenvalue weighted by molar-refractivity contribution is 0.253. The third kappa shape index (κ3) is 6.60. The third-order valence-corrected chi connectivity index (χ3v) is 6.23. The van der Waals surface area contributed by atoms with E-state index in [2.05, 4.69) is 81.4 Å². The first-order valence-electron chi connectivity index (χ1n) is 10.3. The van der Waals surface area contributed by atoms with E-state index in [0.29, 0.717) is 11.8 Å². The molecule has 0 bridgehead atoms. The van der Waals surface area contributed by atoms with Gasteiger partial charge in [-0.2, -0.15) is 0 Å². The zero-order chi connectivity index (χ0) is 21.9. The summed E-state index contributed by atoms with van der Waals surface area (Å²) in [6.07, 6.45) is 0.819. The molecule has 158 valence electrons. The van der Waals surface area contributed by atoms with Crippen molar-refractivity contribution < 1.29 is 4.74 Å². The van der Waals surface area contributed by atoms with Gasteiger partial charge in [-0.25, -0.2) is 4.74 Å². The largest absolute Gasteiger partial charge is 0.483 e. The lowest BCUT2D eigenvalue weighted by Crippen LogP contribution is -2.21. The summed E-state index contributed by atoms with van der Waals surface area (Å²) >= 11 is 6.35. The topological polar surface area (TPSA) is 21.6 Å². The van der Waals surface area contributed by atoms with Gasteiger partial charge in [-0.15, -0.1) is 0 Å². The molecule has 0 spiro atoms. The molecule has 2 nitrogen and oxygen atoms in total. The van der Waals surface area contributed by atoms with Crippen LogP contribution in [-0.4, -0.2) is 6.61 Å². The first-order valence-corrected chi connectivity index (χ1v) is 11.5. The number of hydrogen-bond acceptors (Lipinski definition) is 2. The van der Waals surface area contributed by atoms with Crippen LogP contribution in [0, 0.1) is 0 Å². The van der Waals surface area contributed by atoms with E-state index >= 15 is 0 Å². The van der Waals surface area contributed by atoms with Crippen molar-refractivity contribution >= 4 is 25.7 Å². The van der Waals surface area contributed by atoms with Crippen LogP contribution in [0.1, 0.15) is 99.3 Å². The molecule has 1 aromatic carbocycles. The predicted octanol–water partition coefficient (Wildman–Crippen LogP) is 9.19. The molecule has 0 atom stereocenters. The van der Waals surface area contributed by atoms with Crippen molar-refractivity contribution in [2.75, 3.05) is 6.61 Å². The Hall–Kier alpha value is -0.850. The summed E-state index contributed by atoms with van der Waals surface area (Å²) < 4.78 is 10.6. The van der Waals surface area contributed by atoms with Crippen molar-refractivity contribution in [1.29, 1.82) is 0 Å². The normalized spacial score (nSPS) is 14.4. The average Bonchev–Trinajstić information content (AvgIpc) is 2.52. The molecular weight excluding hydrogens is 385 g/mol. The number of allylic oxidation sites excluding steroid dienone is 1. The molecule has 1 rings (SSSR count). The van der Waals surface area contributed by atoms with Crippen LogP contribution in [0.15, 0.2) is 27.4 Å². The first kappa shape index (κ1) is 25.2. The molecular formula is C24H39ClNOP. The summed E-state index contributed by atoms with van der Waals surface area (Å²) in [6.45, 7) is 25.0. The molecule has 0 aromatic heterocycles. The second kappa shape index (κ2) is 9.31. The number of halogens is 1. The Balaban J connectivity index is 3.81. The Kier molecular flexibility index (Phi) is 8.37. The van der Waals surface area contributed by atoms with Gasteiger partial charge in [-0.3, -0.25) is 0 Å². The number of rotatable bonds is 5. The molecule has 0 saturated heterocycles. The van der Waals surface area contributed by atoms with Crippen molar-refractivity contribution in [1.82, 2.24) is 0 Å². The molecule has 0 aliphatic heterocycles. The summed E-state index contributed by atoms with van der Waals surface area (Å²) in [7, 11) is 0.859. The second-order valence-electron chi connectivity index (χ2n) is 10.4. The van der Waals surface area contributed by atoms with Crippen LogP contribution in [-0.2, 0) is 21.0 Å². The van der Waals surface area contributed by atoms with Crippen molar-refractivity contribution in [2.45, 2.75) is 98.8 Å². The van der Waals surface area contributed by atoms with E-state index in [9.17, 15) is 0 Å². The van der Waals surface area contributed by atoms with Gasteiger partial charge in [0.15, 0.2) is 5.22 Å².